The van der Waals surface area contributed by atoms with Gasteiger partial charge in [-0.3, -0.25) is 0 Å². The van der Waals surface area contributed by atoms with Crippen LogP contribution in [0.5, 0.6) is 0 Å². The minimum atomic E-state index is -0.658. The molecule has 0 radical (unpaired) electrons. The Labute approximate surface area is 128 Å². The second kappa shape index (κ2) is 5.54. The Bertz CT molecular complexity index is 551. The van der Waals surface area contributed by atoms with Gasteiger partial charge in [-0.2, -0.15) is 0 Å². The van der Waals surface area contributed by atoms with Crippen LogP contribution in [0.4, 0.5) is 0 Å². The largest absolute Gasteiger partial charge is 0.133 e. The first kappa shape index (κ1) is 13.8. The molecular weight excluding hydrogens is 366 g/mol. The Morgan fingerprint density at radius 2 is 1.59 bits per heavy atom. The number of hydrogen-bond acceptors (Lipinski definition) is 0. The molecule has 2 aromatic carbocycles. The number of alkyl halides is 4. The van der Waals surface area contributed by atoms with E-state index in [1.165, 1.54) is 0 Å². The van der Waals surface area contributed by atoms with Gasteiger partial charge in [0.05, 0.1) is 0 Å². The minimum absolute atomic E-state index is 0.641. The van der Waals surface area contributed by atoms with Crippen molar-refractivity contribution in [2.45, 2.75) is 9.67 Å². The molecule has 0 atom stereocenters. The number of halogens is 5. The molecule has 90 valence electrons. The molecule has 0 heterocycles. The average molecular weight is 373 g/mol. The van der Waals surface area contributed by atoms with Crippen molar-refractivity contribution in [3.63, 3.8) is 0 Å². The van der Waals surface area contributed by atoms with E-state index in [2.05, 4.69) is 15.9 Å². The molecule has 5 heteroatoms. The van der Waals surface area contributed by atoms with Crippen LogP contribution in [0.2, 0.25) is 0 Å². The van der Waals surface area contributed by atoms with Crippen LogP contribution in [0.25, 0.3) is 10.8 Å². The summed E-state index contributed by atoms with van der Waals surface area (Å²) < 4.78 is 0.998. The van der Waals surface area contributed by atoms with E-state index < -0.39 is 9.67 Å². The number of hydrogen-bond donors (Lipinski definition) is 0. The summed E-state index contributed by atoms with van der Waals surface area (Å²) in [6.45, 7) is 0. The molecule has 0 amide bonds. The monoisotopic (exact) mass is 370 g/mol. The fourth-order valence-electron chi connectivity index (χ4n) is 1.78. The van der Waals surface area contributed by atoms with E-state index in [4.69, 9.17) is 46.4 Å². The van der Waals surface area contributed by atoms with Gasteiger partial charge in [0.25, 0.3) is 0 Å². The van der Waals surface area contributed by atoms with E-state index in [0.717, 1.165) is 26.4 Å². The molecule has 0 nitrogen and oxygen atoms in total. The molecule has 0 saturated heterocycles. The fraction of sp³-hybridized carbons (Fsp3) is 0.167. The lowest BCUT2D eigenvalue weighted by Gasteiger charge is -2.14. The third-order valence-corrected chi connectivity index (χ3v) is 3.91. The molecular formula is C12H7BrCl4. The molecule has 0 aliphatic carbocycles. The van der Waals surface area contributed by atoms with Crippen molar-refractivity contribution < 1.29 is 0 Å². The van der Waals surface area contributed by atoms with E-state index in [1.807, 2.05) is 30.3 Å². The maximum atomic E-state index is 6.01. The van der Waals surface area contributed by atoms with Gasteiger partial charge < -0.3 is 0 Å². The maximum Gasteiger partial charge on any atom is 0.133 e. The minimum Gasteiger partial charge on any atom is -0.100 e. The van der Waals surface area contributed by atoms with Gasteiger partial charge in [0.2, 0.25) is 0 Å². The molecule has 0 N–H and O–H groups in total. The van der Waals surface area contributed by atoms with Crippen LogP contribution >= 0.6 is 62.3 Å². The van der Waals surface area contributed by atoms with Crippen molar-refractivity contribution in [1.29, 1.82) is 0 Å². The van der Waals surface area contributed by atoms with Crippen LogP contribution in [0.1, 0.15) is 20.8 Å². The molecule has 2 aromatic rings. The Balaban J connectivity index is 2.79. The Morgan fingerprint density at radius 1 is 0.882 bits per heavy atom. The quantitative estimate of drug-likeness (QED) is 0.524. The Morgan fingerprint density at radius 3 is 2.18 bits per heavy atom. The van der Waals surface area contributed by atoms with Gasteiger partial charge in [0.1, 0.15) is 9.67 Å². The zero-order chi connectivity index (χ0) is 12.6. The van der Waals surface area contributed by atoms with E-state index in [-0.39, 0.29) is 0 Å². The summed E-state index contributed by atoms with van der Waals surface area (Å²) in [5.74, 6) is 0. The standard InChI is InChI=1S/C12H7BrCl4/c13-7-2-4-8-6(5-7)1-3-9(11(14)15)10(8)12(16)17/h1-5,11-12H. The highest BCUT2D eigenvalue weighted by atomic mass is 79.9. The molecule has 0 bridgehead atoms. The summed E-state index contributed by atoms with van der Waals surface area (Å²) in [5.41, 5.74) is 1.52. The maximum absolute atomic E-state index is 6.01. The lowest BCUT2D eigenvalue weighted by Crippen LogP contribution is -1.94. The molecule has 0 fully saturated rings. The van der Waals surface area contributed by atoms with Gasteiger partial charge in [-0.05, 0) is 34.0 Å². The molecule has 17 heavy (non-hydrogen) atoms. The summed E-state index contributed by atoms with van der Waals surface area (Å²) in [6, 6.07) is 9.69. The smallest absolute Gasteiger partial charge is 0.100 e. The summed E-state index contributed by atoms with van der Waals surface area (Å²) in [7, 11) is 0. The first-order chi connectivity index (χ1) is 8.00. The summed E-state index contributed by atoms with van der Waals surface area (Å²) in [5, 5.41) is 2.01. The lowest BCUT2D eigenvalue weighted by atomic mass is 10.0. The fourth-order valence-corrected chi connectivity index (χ4v) is 3.02. The van der Waals surface area contributed by atoms with Gasteiger partial charge in [-0.25, -0.2) is 0 Å². The van der Waals surface area contributed by atoms with Gasteiger partial charge in [-0.15, -0.1) is 46.4 Å². The van der Waals surface area contributed by atoms with Crippen LogP contribution in [0.15, 0.2) is 34.8 Å². The van der Waals surface area contributed by atoms with E-state index in [0.29, 0.717) is 0 Å². The Kier molecular flexibility index (Phi) is 4.49. The van der Waals surface area contributed by atoms with E-state index in [1.54, 1.807) is 0 Å². The summed E-state index contributed by atoms with van der Waals surface area (Å²) >= 11 is 27.3. The van der Waals surface area contributed by atoms with Crippen molar-refractivity contribution >= 4 is 73.1 Å². The SMILES string of the molecule is ClC(Cl)c1ccc2cc(Br)ccc2c1C(Cl)Cl. The zero-order valence-corrected chi connectivity index (χ0v) is 13.0. The highest BCUT2D eigenvalue weighted by Crippen LogP contribution is 2.40. The van der Waals surface area contributed by atoms with Crippen molar-refractivity contribution in [2.24, 2.45) is 0 Å². The van der Waals surface area contributed by atoms with Gasteiger partial charge >= 0.3 is 0 Å². The first-order valence-corrected chi connectivity index (χ1v) is 7.33. The lowest BCUT2D eigenvalue weighted by molar-refractivity contribution is 1.24. The highest BCUT2D eigenvalue weighted by molar-refractivity contribution is 9.10. The van der Waals surface area contributed by atoms with Gasteiger partial charge in [0.15, 0.2) is 0 Å². The van der Waals surface area contributed by atoms with Gasteiger partial charge in [0, 0.05) is 4.47 Å². The average Bonchev–Trinajstić information content (AvgIpc) is 2.26. The normalized spacial score (nSPS) is 11.7. The molecule has 0 saturated carbocycles. The third kappa shape index (κ3) is 2.85. The van der Waals surface area contributed by atoms with Crippen LogP contribution in [-0.4, -0.2) is 0 Å². The van der Waals surface area contributed by atoms with Crippen LogP contribution in [-0.2, 0) is 0 Å². The number of benzene rings is 2. The molecule has 0 aliphatic rings. The van der Waals surface area contributed by atoms with Crippen LogP contribution in [0.3, 0.4) is 0 Å². The summed E-state index contributed by atoms with van der Waals surface area (Å²) in [6.07, 6.45) is 0. The van der Waals surface area contributed by atoms with Crippen LogP contribution < -0.4 is 0 Å². The number of rotatable bonds is 2. The second-order valence-corrected chi connectivity index (χ2v) is 6.64. The molecule has 0 aromatic heterocycles. The van der Waals surface area contributed by atoms with E-state index >= 15 is 0 Å². The van der Waals surface area contributed by atoms with Gasteiger partial charge in [-0.1, -0.05) is 34.1 Å². The number of fused-ring (bicyclic) bond motifs is 1. The van der Waals surface area contributed by atoms with Crippen LogP contribution in [0, 0.1) is 0 Å². The predicted octanol–water partition coefficient (Wildman–Crippen LogP) is 6.55. The molecule has 2 rings (SSSR count). The third-order valence-electron chi connectivity index (χ3n) is 2.51. The van der Waals surface area contributed by atoms with Crippen molar-refractivity contribution in [1.82, 2.24) is 0 Å². The first-order valence-electron chi connectivity index (χ1n) is 4.79. The topological polar surface area (TPSA) is 0 Å². The van der Waals surface area contributed by atoms with Crippen molar-refractivity contribution in [3.8, 4) is 0 Å². The van der Waals surface area contributed by atoms with Crippen molar-refractivity contribution in [3.05, 3.63) is 45.9 Å². The second-order valence-electron chi connectivity index (χ2n) is 3.54. The molecule has 0 unspecified atom stereocenters. The molecule has 0 spiro atoms. The molecule has 0 aliphatic heterocycles. The highest BCUT2D eigenvalue weighted by Gasteiger charge is 2.18. The Hall–Kier alpha value is 0.340. The predicted molar refractivity (Wildman–Crippen MR) is 80.5 cm³/mol. The van der Waals surface area contributed by atoms with Crippen molar-refractivity contribution in [2.75, 3.05) is 0 Å². The zero-order valence-electron chi connectivity index (χ0n) is 8.43. The van der Waals surface area contributed by atoms with E-state index in [9.17, 15) is 0 Å². The summed E-state index contributed by atoms with van der Waals surface area (Å²) in [4.78, 5) is -1.30.